The standard InChI is InChI=1S/C28H43N3O6S/c1-9-16-31(26(34)22(14-17-38-8)30-27(35)37-28(5,6)7)24(21-12-11-19(3)18-20(21)4)25(33)29-15-13-23(32)36-10-2/h9,11-12,18,22,24H,1,10,13-17H2,2-8H3,(H,29,33)(H,30,35). The van der Waals surface area contributed by atoms with Crippen LogP contribution in [0.1, 0.15) is 63.3 Å². The van der Waals surface area contributed by atoms with Crippen LogP contribution < -0.4 is 10.6 Å². The Bertz CT molecular complexity index is 976. The zero-order valence-electron chi connectivity index (χ0n) is 23.7. The molecule has 0 radical (unpaired) electrons. The molecule has 10 heteroatoms. The first-order valence-electron chi connectivity index (χ1n) is 12.7. The number of hydrogen-bond acceptors (Lipinski definition) is 7. The number of rotatable bonds is 14. The van der Waals surface area contributed by atoms with Gasteiger partial charge in [-0.05, 0) is 71.1 Å². The molecule has 0 saturated heterocycles. The highest BCUT2D eigenvalue weighted by Crippen LogP contribution is 2.27. The van der Waals surface area contributed by atoms with Gasteiger partial charge in [-0.3, -0.25) is 14.4 Å². The van der Waals surface area contributed by atoms with Crippen molar-refractivity contribution in [2.45, 2.75) is 72.1 Å². The molecule has 0 aliphatic heterocycles. The van der Waals surface area contributed by atoms with Crippen LogP contribution in [-0.4, -0.2) is 72.1 Å². The van der Waals surface area contributed by atoms with Crippen molar-refractivity contribution in [1.29, 1.82) is 0 Å². The molecule has 1 aromatic carbocycles. The van der Waals surface area contributed by atoms with Crippen molar-refractivity contribution in [3.63, 3.8) is 0 Å². The fraction of sp³-hybridized carbons (Fsp3) is 0.571. The second-order valence-corrected chi connectivity index (χ2v) is 10.9. The lowest BCUT2D eigenvalue weighted by Crippen LogP contribution is -2.53. The number of ether oxygens (including phenoxy) is 2. The number of hydrogen-bond donors (Lipinski definition) is 2. The van der Waals surface area contributed by atoms with Crippen molar-refractivity contribution in [1.82, 2.24) is 15.5 Å². The molecule has 0 fully saturated rings. The molecule has 2 atom stereocenters. The molecule has 1 rings (SSSR count). The van der Waals surface area contributed by atoms with E-state index in [0.717, 1.165) is 11.1 Å². The van der Waals surface area contributed by atoms with E-state index in [1.165, 1.54) is 16.7 Å². The van der Waals surface area contributed by atoms with Crippen molar-refractivity contribution in [2.75, 3.05) is 31.7 Å². The van der Waals surface area contributed by atoms with Crippen molar-refractivity contribution in [2.24, 2.45) is 0 Å². The van der Waals surface area contributed by atoms with Gasteiger partial charge in [0.1, 0.15) is 17.7 Å². The Balaban J connectivity index is 3.40. The zero-order chi connectivity index (χ0) is 28.9. The van der Waals surface area contributed by atoms with E-state index in [0.29, 0.717) is 17.7 Å². The first kappa shape index (κ1) is 33.0. The van der Waals surface area contributed by atoms with E-state index in [2.05, 4.69) is 17.2 Å². The van der Waals surface area contributed by atoms with Crippen molar-refractivity contribution >= 4 is 35.6 Å². The number of benzene rings is 1. The Hall–Kier alpha value is -3.01. The predicted octanol–water partition coefficient (Wildman–Crippen LogP) is 4.07. The van der Waals surface area contributed by atoms with Gasteiger partial charge in [-0.2, -0.15) is 11.8 Å². The van der Waals surface area contributed by atoms with E-state index in [9.17, 15) is 19.2 Å². The number of alkyl carbamates (subject to hydrolysis) is 1. The van der Waals surface area contributed by atoms with Gasteiger partial charge in [0.2, 0.25) is 11.8 Å². The van der Waals surface area contributed by atoms with Gasteiger partial charge >= 0.3 is 12.1 Å². The Kier molecular flexibility index (Phi) is 14.0. The molecular formula is C28H43N3O6S. The molecule has 2 unspecified atom stereocenters. The minimum Gasteiger partial charge on any atom is -0.466 e. The Labute approximate surface area is 231 Å². The summed E-state index contributed by atoms with van der Waals surface area (Å²) in [5.74, 6) is -0.699. The molecule has 0 bridgehead atoms. The number of carbonyl (C=O) groups excluding carboxylic acids is 4. The van der Waals surface area contributed by atoms with Crippen LogP contribution in [0.25, 0.3) is 0 Å². The van der Waals surface area contributed by atoms with Crippen LogP contribution in [0.15, 0.2) is 30.9 Å². The van der Waals surface area contributed by atoms with E-state index >= 15 is 0 Å². The summed E-state index contributed by atoms with van der Waals surface area (Å²) in [4.78, 5) is 53.3. The maximum Gasteiger partial charge on any atom is 0.408 e. The summed E-state index contributed by atoms with van der Waals surface area (Å²) in [7, 11) is 0. The van der Waals surface area contributed by atoms with Crippen molar-refractivity contribution < 1.29 is 28.7 Å². The summed E-state index contributed by atoms with van der Waals surface area (Å²) in [5, 5.41) is 5.47. The van der Waals surface area contributed by atoms with Crippen LogP contribution in [0.3, 0.4) is 0 Å². The highest BCUT2D eigenvalue weighted by molar-refractivity contribution is 7.98. The van der Waals surface area contributed by atoms with Crippen LogP contribution in [0.5, 0.6) is 0 Å². The lowest BCUT2D eigenvalue weighted by molar-refractivity contribution is -0.144. The Morgan fingerprint density at radius 3 is 2.42 bits per heavy atom. The number of amides is 3. The van der Waals surface area contributed by atoms with Gasteiger partial charge in [0.15, 0.2) is 0 Å². The molecule has 38 heavy (non-hydrogen) atoms. The van der Waals surface area contributed by atoms with Gasteiger partial charge in [-0.1, -0.05) is 29.8 Å². The summed E-state index contributed by atoms with van der Waals surface area (Å²) in [6.45, 7) is 14.9. The van der Waals surface area contributed by atoms with E-state index in [-0.39, 0.29) is 26.1 Å². The third-order valence-corrected chi connectivity index (χ3v) is 6.07. The van der Waals surface area contributed by atoms with E-state index in [1.54, 1.807) is 33.8 Å². The van der Waals surface area contributed by atoms with Crippen LogP contribution in [0.2, 0.25) is 0 Å². The lowest BCUT2D eigenvalue weighted by atomic mass is 9.96. The number of nitrogens with zero attached hydrogens (tertiary/aromatic N) is 1. The van der Waals surface area contributed by atoms with Gasteiger partial charge < -0.3 is 25.0 Å². The fourth-order valence-corrected chi connectivity index (χ4v) is 4.28. The highest BCUT2D eigenvalue weighted by Gasteiger charge is 2.36. The second-order valence-electron chi connectivity index (χ2n) is 9.87. The molecule has 2 N–H and O–H groups in total. The summed E-state index contributed by atoms with van der Waals surface area (Å²) >= 11 is 1.54. The highest BCUT2D eigenvalue weighted by atomic mass is 32.2. The molecule has 212 valence electrons. The fourth-order valence-electron chi connectivity index (χ4n) is 3.81. The first-order valence-corrected chi connectivity index (χ1v) is 14.1. The quantitative estimate of drug-likeness (QED) is 0.266. The molecular weight excluding hydrogens is 506 g/mol. The number of carbonyl (C=O) groups is 4. The zero-order valence-corrected chi connectivity index (χ0v) is 24.5. The monoisotopic (exact) mass is 549 g/mol. The summed E-state index contributed by atoms with van der Waals surface area (Å²) in [5.41, 5.74) is 1.75. The normalized spacial score (nSPS) is 12.6. The van der Waals surface area contributed by atoms with Crippen LogP contribution in [0, 0.1) is 13.8 Å². The van der Waals surface area contributed by atoms with Crippen LogP contribution >= 0.6 is 11.8 Å². The Morgan fingerprint density at radius 2 is 1.87 bits per heavy atom. The molecule has 0 aliphatic rings. The summed E-state index contributed by atoms with van der Waals surface area (Å²) in [6.07, 6.45) is 3.09. The molecule has 0 heterocycles. The minimum absolute atomic E-state index is 0.00509. The topological polar surface area (TPSA) is 114 Å². The number of aryl methyl sites for hydroxylation is 2. The summed E-state index contributed by atoms with van der Waals surface area (Å²) < 4.78 is 10.3. The number of esters is 1. The van der Waals surface area contributed by atoms with Gasteiger partial charge in [0, 0.05) is 13.1 Å². The molecule has 1 aromatic rings. The lowest BCUT2D eigenvalue weighted by Gasteiger charge is -2.34. The average molecular weight is 550 g/mol. The third-order valence-electron chi connectivity index (χ3n) is 5.42. The van der Waals surface area contributed by atoms with E-state index < -0.39 is 41.6 Å². The molecule has 0 saturated carbocycles. The first-order chi connectivity index (χ1) is 17.8. The largest absolute Gasteiger partial charge is 0.466 e. The third kappa shape index (κ3) is 11.2. The molecule has 3 amide bonds. The molecule has 9 nitrogen and oxygen atoms in total. The number of nitrogens with one attached hydrogen (secondary N) is 2. The SMILES string of the molecule is C=CCN(C(=O)C(CCSC)NC(=O)OC(C)(C)C)C(C(=O)NCCC(=O)OCC)c1ccc(C)cc1C. The number of thioether (sulfide) groups is 1. The maximum atomic E-state index is 13.9. The molecule has 0 aromatic heterocycles. The minimum atomic E-state index is -1.01. The van der Waals surface area contributed by atoms with Gasteiger partial charge in [0.25, 0.3) is 0 Å². The average Bonchev–Trinajstić information content (AvgIpc) is 2.81. The molecule has 0 aliphatic carbocycles. The van der Waals surface area contributed by atoms with E-state index in [4.69, 9.17) is 9.47 Å². The van der Waals surface area contributed by atoms with Crippen molar-refractivity contribution in [3.8, 4) is 0 Å². The van der Waals surface area contributed by atoms with Gasteiger partial charge in [0.05, 0.1) is 13.0 Å². The predicted molar refractivity (Wildman–Crippen MR) is 151 cm³/mol. The van der Waals surface area contributed by atoms with Crippen molar-refractivity contribution in [3.05, 3.63) is 47.5 Å². The maximum absolute atomic E-state index is 13.9. The Morgan fingerprint density at radius 1 is 1.18 bits per heavy atom. The van der Waals surface area contributed by atoms with Gasteiger partial charge in [-0.15, -0.1) is 6.58 Å². The smallest absolute Gasteiger partial charge is 0.408 e. The second kappa shape index (κ2) is 16.1. The summed E-state index contributed by atoms with van der Waals surface area (Å²) in [6, 6.07) is 3.71. The van der Waals surface area contributed by atoms with Crippen LogP contribution in [0.4, 0.5) is 4.79 Å². The van der Waals surface area contributed by atoms with Gasteiger partial charge in [-0.25, -0.2) is 4.79 Å². The van der Waals surface area contributed by atoms with Crippen LogP contribution in [-0.2, 0) is 23.9 Å². The molecule has 0 spiro atoms. The van der Waals surface area contributed by atoms with E-state index in [1.807, 2.05) is 38.3 Å².